The Morgan fingerprint density at radius 3 is 2.43 bits per heavy atom. The molecule has 3 N–H and O–H groups in total. The lowest BCUT2D eigenvalue weighted by atomic mass is 10.2. The van der Waals surface area contributed by atoms with Crippen molar-refractivity contribution >= 4 is 23.7 Å². The van der Waals surface area contributed by atoms with E-state index in [0.29, 0.717) is 23.6 Å². The van der Waals surface area contributed by atoms with E-state index in [4.69, 9.17) is 5.41 Å². The van der Waals surface area contributed by atoms with Crippen LogP contribution >= 0.6 is 0 Å². The predicted molar refractivity (Wildman–Crippen MR) is 102 cm³/mol. The zero-order chi connectivity index (χ0) is 20.0. The van der Waals surface area contributed by atoms with E-state index >= 15 is 0 Å². The molecular weight excluding hydrogens is 371 g/mol. The van der Waals surface area contributed by atoms with Gasteiger partial charge in [0.15, 0.2) is 5.84 Å². The molecule has 0 atom stereocenters. The second-order valence-electron chi connectivity index (χ2n) is 5.69. The molecule has 0 unspecified atom stereocenters. The Kier molecular flexibility index (Phi) is 5.73. The topological polar surface area (TPSA) is 81.9 Å². The summed E-state index contributed by atoms with van der Waals surface area (Å²) < 4.78 is 40.6. The van der Waals surface area contributed by atoms with E-state index in [1.807, 2.05) is 30.3 Å². The summed E-state index contributed by atoms with van der Waals surface area (Å²) in [4.78, 5) is 7.98. The zero-order valence-corrected chi connectivity index (χ0v) is 14.5. The van der Waals surface area contributed by atoms with E-state index in [1.54, 1.807) is 6.20 Å². The van der Waals surface area contributed by atoms with Crippen LogP contribution in [0.2, 0.25) is 0 Å². The first-order valence-corrected chi connectivity index (χ1v) is 8.21. The van der Waals surface area contributed by atoms with Crippen molar-refractivity contribution in [1.29, 1.82) is 5.41 Å². The van der Waals surface area contributed by atoms with Crippen molar-refractivity contribution in [2.75, 3.05) is 5.32 Å². The average molecular weight is 387 g/mol. The highest BCUT2D eigenvalue weighted by atomic mass is 19.4. The number of amidine groups is 2. The fourth-order valence-corrected chi connectivity index (χ4v) is 2.38. The standard InChI is InChI=1S/C19H16F3N5O/c20-19(21,22)28-15-8-6-14(7-9-15)27-18-16(17(23)25-12-26-18)11-24-10-13-4-2-1-3-5-13/h1-9,11-12,24H,10H2,(H2,23,25,26,27)/b16-11+. The van der Waals surface area contributed by atoms with Crippen LogP contribution in [0.15, 0.2) is 76.4 Å². The molecule has 0 aromatic heterocycles. The van der Waals surface area contributed by atoms with Crippen LogP contribution < -0.4 is 15.4 Å². The largest absolute Gasteiger partial charge is 0.573 e. The van der Waals surface area contributed by atoms with Crippen LogP contribution in [0.5, 0.6) is 5.75 Å². The lowest BCUT2D eigenvalue weighted by Crippen LogP contribution is -2.25. The Morgan fingerprint density at radius 1 is 1.04 bits per heavy atom. The molecule has 0 aliphatic carbocycles. The summed E-state index contributed by atoms with van der Waals surface area (Å²) in [5, 5.41) is 14.1. The third-order valence-electron chi connectivity index (χ3n) is 3.63. The Bertz CT molecular complexity index is 919. The van der Waals surface area contributed by atoms with Gasteiger partial charge in [-0.2, -0.15) is 0 Å². The monoisotopic (exact) mass is 387 g/mol. The molecule has 2 aromatic rings. The number of halogens is 3. The van der Waals surface area contributed by atoms with Crippen molar-refractivity contribution in [1.82, 2.24) is 5.32 Å². The van der Waals surface area contributed by atoms with Crippen LogP contribution in [0.3, 0.4) is 0 Å². The summed E-state index contributed by atoms with van der Waals surface area (Å²) in [7, 11) is 0. The maximum absolute atomic E-state index is 12.2. The van der Waals surface area contributed by atoms with Crippen molar-refractivity contribution in [3.8, 4) is 5.75 Å². The van der Waals surface area contributed by atoms with Gasteiger partial charge in [-0.05, 0) is 29.8 Å². The Balaban J connectivity index is 1.68. The highest BCUT2D eigenvalue weighted by Crippen LogP contribution is 2.24. The van der Waals surface area contributed by atoms with Crippen molar-refractivity contribution in [2.45, 2.75) is 12.9 Å². The van der Waals surface area contributed by atoms with Gasteiger partial charge < -0.3 is 15.4 Å². The summed E-state index contributed by atoms with van der Waals surface area (Å²) >= 11 is 0. The van der Waals surface area contributed by atoms with Crippen LogP contribution in [-0.2, 0) is 6.54 Å². The SMILES string of the molecule is N=C1N=CN=C(Nc2ccc(OC(F)(F)F)cc2)/C1=C/NCc1ccccc1. The Morgan fingerprint density at radius 2 is 1.75 bits per heavy atom. The van der Waals surface area contributed by atoms with E-state index in [0.717, 1.165) is 5.56 Å². The molecule has 1 heterocycles. The summed E-state index contributed by atoms with van der Waals surface area (Å²) in [5.74, 6) is 0.0402. The van der Waals surface area contributed by atoms with Gasteiger partial charge in [-0.3, -0.25) is 5.41 Å². The number of ether oxygens (including phenoxy) is 1. The van der Waals surface area contributed by atoms with Gasteiger partial charge in [0.1, 0.15) is 17.9 Å². The number of hydrogen-bond acceptors (Lipinski definition) is 5. The van der Waals surface area contributed by atoms with Gasteiger partial charge in [0.05, 0.1) is 5.57 Å². The van der Waals surface area contributed by atoms with Gasteiger partial charge in [0.2, 0.25) is 0 Å². The number of aliphatic imine (C=N–C) groups is 2. The number of alkyl halides is 3. The first-order chi connectivity index (χ1) is 13.4. The molecule has 2 aromatic carbocycles. The number of benzene rings is 2. The first kappa shape index (κ1) is 19.2. The lowest BCUT2D eigenvalue weighted by Gasteiger charge is -2.15. The summed E-state index contributed by atoms with van der Waals surface area (Å²) in [6.07, 6.45) is -1.88. The van der Waals surface area contributed by atoms with E-state index < -0.39 is 6.36 Å². The van der Waals surface area contributed by atoms with Crippen LogP contribution in [-0.4, -0.2) is 24.4 Å². The highest BCUT2D eigenvalue weighted by Gasteiger charge is 2.31. The van der Waals surface area contributed by atoms with Gasteiger partial charge in [-0.25, -0.2) is 9.98 Å². The van der Waals surface area contributed by atoms with Gasteiger partial charge in [-0.15, -0.1) is 13.2 Å². The van der Waals surface area contributed by atoms with E-state index in [2.05, 4.69) is 25.4 Å². The van der Waals surface area contributed by atoms with Crippen molar-refractivity contribution < 1.29 is 17.9 Å². The van der Waals surface area contributed by atoms with E-state index in [1.165, 1.54) is 30.6 Å². The minimum Gasteiger partial charge on any atom is -0.406 e. The molecular formula is C19H16F3N5O. The second kappa shape index (κ2) is 8.38. The number of anilines is 1. The van der Waals surface area contributed by atoms with E-state index in [9.17, 15) is 13.2 Å². The highest BCUT2D eigenvalue weighted by molar-refractivity contribution is 6.30. The molecule has 144 valence electrons. The smallest absolute Gasteiger partial charge is 0.406 e. The molecule has 0 bridgehead atoms. The van der Waals surface area contributed by atoms with Crippen LogP contribution in [0.4, 0.5) is 18.9 Å². The fraction of sp³-hybridized carbons (Fsp3) is 0.105. The third-order valence-corrected chi connectivity index (χ3v) is 3.63. The maximum atomic E-state index is 12.2. The molecule has 0 spiro atoms. The molecule has 9 heteroatoms. The van der Waals surface area contributed by atoms with Crippen LogP contribution in [0.25, 0.3) is 0 Å². The first-order valence-electron chi connectivity index (χ1n) is 8.21. The van der Waals surface area contributed by atoms with Gasteiger partial charge in [0, 0.05) is 18.4 Å². The summed E-state index contributed by atoms with van der Waals surface area (Å²) in [6.45, 7) is 0.554. The van der Waals surface area contributed by atoms with Crippen LogP contribution in [0, 0.1) is 5.41 Å². The average Bonchev–Trinajstić information content (AvgIpc) is 2.65. The molecule has 0 amide bonds. The molecule has 1 aliphatic rings. The molecule has 0 fully saturated rings. The van der Waals surface area contributed by atoms with Gasteiger partial charge in [0.25, 0.3) is 0 Å². The van der Waals surface area contributed by atoms with Crippen molar-refractivity contribution in [2.24, 2.45) is 9.98 Å². The lowest BCUT2D eigenvalue weighted by molar-refractivity contribution is -0.274. The minimum atomic E-state index is -4.74. The molecule has 6 nitrogen and oxygen atoms in total. The van der Waals surface area contributed by atoms with E-state index in [-0.39, 0.29) is 11.6 Å². The minimum absolute atomic E-state index is 0.00934. The molecule has 0 saturated heterocycles. The quantitative estimate of drug-likeness (QED) is 0.723. The van der Waals surface area contributed by atoms with Crippen molar-refractivity contribution in [3.05, 3.63) is 71.9 Å². The summed E-state index contributed by atoms with van der Waals surface area (Å²) in [6, 6.07) is 14.9. The third kappa shape index (κ3) is 5.44. The summed E-state index contributed by atoms with van der Waals surface area (Å²) in [5.41, 5.74) is 1.98. The normalized spacial score (nSPS) is 15.3. The maximum Gasteiger partial charge on any atom is 0.573 e. The molecule has 0 saturated carbocycles. The van der Waals surface area contributed by atoms with Gasteiger partial charge >= 0.3 is 6.36 Å². The number of hydrogen-bond donors (Lipinski definition) is 3. The molecule has 1 aliphatic heterocycles. The molecule has 3 rings (SSSR count). The number of nitrogens with zero attached hydrogens (tertiary/aromatic N) is 2. The van der Waals surface area contributed by atoms with Crippen LogP contribution in [0.1, 0.15) is 5.56 Å². The molecule has 28 heavy (non-hydrogen) atoms. The Labute approximate surface area is 159 Å². The number of nitrogens with one attached hydrogen (secondary N) is 3. The second-order valence-corrected chi connectivity index (χ2v) is 5.69. The number of rotatable bonds is 5. The Hall–Kier alpha value is -3.62. The predicted octanol–water partition coefficient (Wildman–Crippen LogP) is 4.09. The van der Waals surface area contributed by atoms with Crippen molar-refractivity contribution in [3.63, 3.8) is 0 Å². The molecule has 0 radical (unpaired) electrons. The fourth-order valence-electron chi connectivity index (χ4n) is 2.38. The van der Waals surface area contributed by atoms with Gasteiger partial charge in [-0.1, -0.05) is 30.3 Å². The zero-order valence-electron chi connectivity index (χ0n) is 14.5.